The minimum absolute atomic E-state index is 0.0852. The third kappa shape index (κ3) is 3.58. The van der Waals surface area contributed by atoms with E-state index in [1.54, 1.807) is 5.57 Å². The summed E-state index contributed by atoms with van der Waals surface area (Å²) in [6, 6.07) is 0. The fourth-order valence-electron chi connectivity index (χ4n) is 8.58. The van der Waals surface area contributed by atoms with Gasteiger partial charge in [0.25, 0.3) is 0 Å². The molecule has 0 aromatic rings. The molecule has 0 bridgehead atoms. The van der Waals surface area contributed by atoms with Crippen LogP contribution >= 0.6 is 0 Å². The Balaban J connectivity index is 1.49. The molecular formula is C28H46O. The molecule has 0 amide bonds. The maximum atomic E-state index is 10.2. The lowest BCUT2D eigenvalue weighted by Crippen LogP contribution is -2.50. The second kappa shape index (κ2) is 7.85. The zero-order chi connectivity index (χ0) is 21.0. The average molecular weight is 399 g/mol. The van der Waals surface area contributed by atoms with Crippen LogP contribution in [-0.2, 0) is 0 Å². The Morgan fingerprint density at radius 1 is 1.10 bits per heavy atom. The van der Waals surface area contributed by atoms with Crippen molar-refractivity contribution in [2.45, 2.75) is 105 Å². The number of allylic oxidation sites excluding steroid dienone is 2. The van der Waals surface area contributed by atoms with Crippen LogP contribution in [0, 0.1) is 46.3 Å². The molecule has 1 nitrogen and oxygen atoms in total. The molecule has 0 aromatic heterocycles. The molecule has 0 heterocycles. The van der Waals surface area contributed by atoms with E-state index in [2.05, 4.69) is 47.3 Å². The van der Waals surface area contributed by atoms with Gasteiger partial charge in [-0.05, 0) is 117 Å². The van der Waals surface area contributed by atoms with Crippen LogP contribution in [0.4, 0.5) is 0 Å². The first-order valence-electron chi connectivity index (χ1n) is 12.7. The van der Waals surface area contributed by atoms with Gasteiger partial charge in [0.1, 0.15) is 0 Å². The molecule has 4 aliphatic carbocycles. The molecule has 0 radical (unpaired) electrons. The molecule has 0 saturated heterocycles. The monoisotopic (exact) mass is 398 g/mol. The minimum Gasteiger partial charge on any atom is -0.393 e. The molecule has 4 aliphatic rings. The van der Waals surface area contributed by atoms with Gasteiger partial charge in [0.05, 0.1) is 6.10 Å². The molecule has 164 valence electrons. The van der Waals surface area contributed by atoms with E-state index in [9.17, 15) is 5.11 Å². The van der Waals surface area contributed by atoms with E-state index in [-0.39, 0.29) is 6.10 Å². The van der Waals surface area contributed by atoms with E-state index in [1.165, 1.54) is 56.9 Å². The van der Waals surface area contributed by atoms with Crippen molar-refractivity contribution in [3.05, 3.63) is 23.8 Å². The smallest absolute Gasteiger partial charge is 0.0577 e. The maximum Gasteiger partial charge on any atom is 0.0577 e. The Bertz CT molecular complexity index is 661. The van der Waals surface area contributed by atoms with Crippen molar-refractivity contribution in [1.29, 1.82) is 0 Å². The highest BCUT2D eigenvalue weighted by Gasteiger charge is 2.59. The Hall–Kier alpha value is -0.560. The molecule has 3 saturated carbocycles. The van der Waals surface area contributed by atoms with E-state index in [0.29, 0.717) is 16.7 Å². The van der Waals surface area contributed by atoms with Crippen molar-refractivity contribution < 1.29 is 5.11 Å². The quantitative estimate of drug-likeness (QED) is 0.474. The first kappa shape index (κ1) is 21.7. The van der Waals surface area contributed by atoms with Crippen molar-refractivity contribution in [3.8, 4) is 0 Å². The largest absolute Gasteiger partial charge is 0.393 e. The number of hydrogen-bond donors (Lipinski definition) is 1. The summed E-state index contributed by atoms with van der Waals surface area (Å²) in [5, 5.41) is 10.2. The fraction of sp³-hybridized carbons (Fsp3) is 0.857. The maximum absolute atomic E-state index is 10.2. The summed E-state index contributed by atoms with van der Waals surface area (Å²) in [4.78, 5) is 0. The van der Waals surface area contributed by atoms with Crippen molar-refractivity contribution in [2.75, 3.05) is 0 Å². The molecule has 3 fully saturated rings. The molecule has 1 heteroatoms. The number of aliphatic hydroxyl groups excluding tert-OH is 1. The third-order valence-corrected chi connectivity index (χ3v) is 10.7. The van der Waals surface area contributed by atoms with E-state index < -0.39 is 0 Å². The number of aliphatic hydroxyl groups is 1. The van der Waals surface area contributed by atoms with E-state index in [4.69, 9.17) is 0 Å². The van der Waals surface area contributed by atoms with Gasteiger partial charge in [-0.25, -0.2) is 0 Å². The molecule has 1 unspecified atom stereocenters. The van der Waals surface area contributed by atoms with E-state index in [0.717, 1.165) is 42.4 Å². The van der Waals surface area contributed by atoms with Gasteiger partial charge in [0.15, 0.2) is 0 Å². The van der Waals surface area contributed by atoms with Gasteiger partial charge in [-0.15, -0.1) is 0 Å². The topological polar surface area (TPSA) is 20.2 Å². The lowest BCUT2D eigenvalue weighted by atomic mass is 9.47. The Morgan fingerprint density at radius 3 is 2.59 bits per heavy atom. The molecule has 9 atom stereocenters. The van der Waals surface area contributed by atoms with Gasteiger partial charge in [0.2, 0.25) is 0 Å². The highest BCUT2D eigenvalue weighted by atomic mass is 16.3. The SMILES string of the molecule is C=C(C)[C@H](C)CC[C@@H](C)[C@H]1CC[C@H]2[C@@H]3CC=C4CC(O)CC[C@]4(C)[C@H]3CC[C@]12C. The summed E-state index contributed by atoms with van der Waals surface area (Å²) < 4.78 is 0. The Labute approximate surface area is 180 Å². The lowest BCUT2D eigenvalue weighted by molar-refractivity contribution is -0.0573. The second-order valence-corrected chi connectivity index (χ2v) is 12.2. The van der Waals surface area contributed by atoms with Gasteiger partial charge in [0, 0.05) is 0 Å². The molecule has 4 rings (SSSR count). The third-order valence-electron chi connectivity index (χ3n) is 10.7. The van der Waals surface area contributed by atoms with Gasteiger partial charge >= 0.3 is 0 Å². The highest BCUT2D eigenvalue weighted by Crippen LogP contribution is 2.67. The molecule has 0 aromatic carbocycles. The fourth-order valence-corrected chi connectivity index (χ4v) is 8.58. The van der Waals surface area contributed by atoms with Crippen LogP contribution in [0.1, 0.15) is 98.8 Å². The molecular weight excluding hydrogens is 352 g/mol. The zero-order valence-electron chi connectivity index (χ0n) is 19.8. The molecule has 0 aliphatic heterocycles. The average Bonchev–Trinajstić information content (AvgIpc) is 3.03. The summed E-state index contributed by atoms with van der Waals surface area (Å²) in [6.07, 6.45) is 15.4. The Morgan fingerprint density at radius 2 is 1.86 bits per heavy atom. The van der Waals surface area contributed by atoms with Crippen LogP contribution in [-0.4, -0.2) is 11.2 Å². The predicted molar refractivity (Wildman–Crippen MR) is 124 cm³/mol. The van der Waals surface area contributed by atoms with Crippen molar-refractivity contribution in [3.63, 3.8) is 0 Å². The minimum atomic E-state index is -0.0852. The zero-order valence-corrected chi connectivity index (χ0v) is 19.8. The summed E-state index contributed by atoms with van der Waals surface area (Å²) in [5.74, 6) is 5.11. The highest BCUT2D eigenvalue weighted by molar-refractivity contribution is 5.25. The van der Waals surface area contributed by atoms with Crippen molar-refractivity contribution >= 4 is 0 Å². The predicted octanol–water partition coefficient (Wildman–Crippen LogP) is 7.55. The van der Waals surface area contributed by atoms with Crippen LogP contribution in [0.15, 0.2) is 23.8 Å². The summed E-state index contributed by atoms with van der Waals surface area (Å²) in [6.45, 7) is 16.5. The first-order valence-corrected chi connectivity index (χ1v) is 12.7. The Kier molecular flexibility index (Phi) is 5.86. The van der Waals surface area contributed by atoms with E-state index in [1.807, 2.05) is 0 Å². The summed E-state index contributed by atoms with van der Waals surface area (Å²) in [5.41, 5.74) is 3.90. The summed E-state index contributed by atoms with van der Waals surface area (Å²) >= 11 is 0. The number of rotatable bonds is 5. The number of hydrogen-bond acceptors (Lipinski definition) is 1. The van der Waals surface area contributed by atoms with Crippen molar-refractivity contribution in [1.82, 2.24) is 0 Å². The van der Waals surface area contributed by atoms with Crippen LogP contribution in [0.25, 0.3) is 0 Å². The molecule has 29 heavy (non-hydrogen) atoms. The van der Waals surface area contributed by atoms with Gasteiger partial charge < -0.3 is 5.11 Å². The lowest BCUT2D eigenvalue weighted by Gasteiger charge is -2.58. The van der Waals surface area contributed by atoms with Crippen LogP contribution in [0.2, 0.25) is 0 Å². The van der Waals surface area contributed by atoms with Gasteiger partial charge in [-0.3, -0.25) is 0 Å². The van der Waals surface area contributed by atoms with Crippen molar-refractivity contribution in [2.24, 2.45) is 46.3 Å². The number of fused-ring (bicyclic) bond motifs is 5. The summed E-state index contributed by atoms with van der Waals surface area (Å²) in [7, 11) is 0. The molecule has 0 spiro atoms. The van der Waals surface area contributed by atoms with Crippen LogP contribution in [0.5, 0.6) is 0 Å². The first-order chi connectivity index (χ1) is 13.7. The second-order valence-electron chi connectivity index (χ2n) is 12.2. The van der Waals surface area contributed by atoms with Gasteiger partial charge in [-0.1, -0.05) is 51.5 Å². The van der Waals surface area contributed by atoms with Crippen LogP contribution < -0.4 is 0 Å². The van der Waals surface area contributed by atoms with Crippen LogP contribution in [0.3, 0.4) is 0 Å². The standard InChI is InChI=1S/C28H46O/c1-18(2)19(3)7-8-20(4)24-11-12-25-23-10-9-21-17-22(29)13-15-27(21,5)26(23)14-16-28(24,25)6/h9,19-20,22-26,29H,1,7-8,10-17H2,2-6H3/t19-,20-,22?,23+,24-,25+,26+,27+,28-/m1/s1. The van der Waals surface area contributed by atoms with Gasteiger partial charge in [-0.2, -0.15) is 0 Å². The van der Waals surface area contributed by atoms with E-state index >= 15 is 0 Å². The molecule has 1 N–H and O–H groups in total. The normalized spacial score (nSPS) is 46.1.